The van der Waals surface area contributed by atoms with Crippen LogP contribution in [-0.2, 0) is 9.47 Å². The van der Waals surface area contributed by atoms with E-state index in [9.17, 15) is 0 Å². The summed E-state index contributed by atoms with van der Waals surface area (Å²) in [6.45, 7) is 3.86. The first-order valence-corrected chi connectivity index (χ1v) is 3.67. The zero-order valence-electron chi connectivity index (χ0n) is 6.95. The number of allylic oxidation sites excluding steroid dienone is 1. The molecular weight excluding hydrogens is 144 g/mol. The fourth-order valence-corrected chi connectivity index (χ4v) is 0.695. The number of aliphatic hydroxyl groups is 1. The van der Waals surface area contributed by atoms with E-state index in [1.54, 1.807) is 13.2 Å². The first kappa shape index (κ1) is 10.6. The van der Waals surface area contributed by atoms with E-state index in [0.29, 0.717) is 0 Å². The van der Waals surface area contributed by atoms with Crippen molar-refractivity contribution in [2.45, 2.75) is 18.9 Å². The number of hydrogen-bond donors (Lipinski definition) is 1. The summed E-state index contributed by atoms with van der Waals surface area (Å²) in [5.41, 5.74) is 0. The Morgan fingerprint density at radius 2 is 2.36 bits per heavy atom. The van der Waals surface area contributed by atoms with Crippen molar-refractivity contribution < 1.29 is 14.6 Å². The lowest BCUT2D eigenvalue weighted by Gasteiger charge is -2.12. The third-order valence-corrected chi connectivity index (χ3v) is 1.32. The van der Waals surface area contributed by atoms with Gasteiger partial charge in [-0.05, 0) is 12.8 Å². The highest BCUT2D eigenvalue weighted by Crippen LogP contribution is 2.01. The maximum absolute atomic E-state index is 8.76. The number of rotatable bonds is 7. The maximum atomic E-state index is 8.76. The van der Waals surface area contributed by atoms with Crippen LogP contribution in [0.3, 0.4) is 0 Å². The largest absolute Gasteiger partial charge is 0.394 e. The van der Waals surface area contributed by atoms with Gasteiger partial charge in [-0.25, -0.2) is 0 Å². The number of ether oxygens (including phenoxy) is 2. The molecule has 3 nitrogen and oxygen atoms in total. The van der Waals surface area contributed by atoms with Gasteiger partial charge in [-0.3, -0.25) is 0 Å². The minimum Gasteiger partial charge on any atom is -0.394 e. The Morgan fingerprint density at radius 3 is 2.82 bits per heavy atom. The van der Waals surface area contributed by atoms with Crippen LogP contribution in [-0.4, -0.2) is 31.7 Å². The van der Waals surface area contributed by atoms with Crippen LogP contribution in [0, 0.1) is 0 Å². The molecule has 0 fully saturated rings. The summed E-state index contributed by atoms with van der Waals surface area (Å²) in [6, 6.07) is 0. The van der Waals surface area contributed by atoms with Crippen molar-refractivity contribution in [2.75, 3.05) is 20.5 Å². The van der Waals surface area contributed by atoms with E-state index in [0.717, 1.165) is 12.8 Å². The zero-order valence-corrected chi connectivity index (χ0v) is 6.95. The Labute approximate surface area is 67.6 Å². The van der Waals surface area contributed by atoms with Crippen LogP contribution in [0.5, 0.6) is 0 Å². The summed E-state index contributed by atoms with van der Waals surface area (Å²) in [6.07, 6.45) is 3.34. The van der Waals surface area contributed by atoms with Gasteiger partial charge < -0.3 is 14.6 Å². The highest BCUT2D eigenvalue weighted by atomic mass is 16.7. The first-order chi connectivity index (χ1) is 5.35. The third kappa shape index (κ3) is 6.04. The topological polar surface area (TPSA) is 38.7 Å². The van der Waals surface area contributed by atoms with Crippen LogP contribution in [0.4, 0.5) is 0 Å². The number of methoxy groups -OCH3 is 1. The van der Waals surface area contributed by atoms with Gasteiger partial charge in [0.15, 0.2) is 0 Å². The van der Waals surface area contributed by atoms with Gasteiger partial charge in [-0.1, -0.05) is 6.08 Å². The summed E-state index contributed by atoms with van der Waals surface area (Å²) >= 11 is 0. The molecule has 0 amide bonds. The maximum Gasteiger partial charge on any atom is 0.146 e. The fraction of sp³-hybridized carbons (Fsp3) is 0.750. The van der Waals surface area contributed by atoms with Crippen molar-refractivity contribution in [1.82, 2.24) is 0 Å². The predicted molar refractivity (Wildman–Crippen MR) is 43.3 cm³/mol. The second kappa shape index (κ2) is 7.72. The highest BCUT2D eigenvalue weighted by molar-refractivity contribution is 4.69. The molecule has 66 valence electrons. The second-order valence-corrected chi connectivity index (χ2v) is 2.24. The van der Waals surface area contributed by atoms with E-state index in [-0.39, 0.29) is 19.5 Å². The molecule has 0 saturated heterocycles. The first-order valence-electron chi connectivity index (χ1n) is 3.67. The second-order valence-electron chi connectivity index (χ2n) is 2.24. The lowest BCUT2D eigenvalue weighted by atomic mass is 10.2. The van der Waals surface area contributed by atoms with Crippen molar-refractivity contribution in [3.05, 3.63) is 12.7 Å². The normalized spacial score (nSPS) is 12.9. The molecule has 0 bridgehead atoms. The predicted octanol–water partition coefficient (Wildman–Crippen LogP) is 0.934. The zero-order chi connectivity index (χ0) is 8.53. The molecule has 0 aliphatic rings. The van der Waals surface area contributed by atoms with Gasteiger partial charge in [0.05, 0.1) is 12.7 Å². The van der Waals surface area contributed by atoms with Crippen LogP contribution >= 0.6 is 0 Å². The molecular formula is C8H16O3. The Hall–Kier alpha value is -0.380. The minimum absolute atomic E-state index is 0.0389. The molecule has 0 aromatic carbocycles. The monoisotopic (exact) mass is 160 g/mol. The number of aliphatic hydroxyl groups excluding tert-OH is 1. The molecule has 0 aliphatic carbocycles. The molecule has 0 radical (unpaired) electrons. The average molecular weight is 160 g/mol. The van der Waals surface area contributed by atoms with E-state index in [1.165, 1.54) is 0 Å². The summed E-state index contributed by atoms with van der Waals surface area (Å²) in [5.74, 6) is 0. The lowest BCUT2D eigenvalue weighted by Crippen LogP contribution is -2.18. The van der Waals surface area contributed by atoms with Crippen LogP contribution in [0.2, 0.25) is 0 Å². The van der Waals surface area contributed by atoms with Gasteiger partial charge in [0, 0.05) is 7.11 Å². The van der Waals surface area contributed by atoms with Crippen molar-refractivity contribution in [1.29, 1.82) is 0 Å². The molecule has 0 heterocycles. The van der Waals surface area contributed by atoms with Gasteiger partial charge >= 0.3 is 0 Å². The van der Waals surface area contributed by atoms with Crippen LogP contribution in [0.25, 0.3) is 0 Å². The molecule has 1 atom stereocenters. The molecule has 1 N–H and O–H groups in total. The SMILES string of the molecule is C=CCC[C@@H](CO)OCOC. The Kier molecular flexibility index (Phi) is 7.46. The van der Waals surface area contributed by atoms with Gasteiger partial charge in [0.25, 0.3) is 0 Å². The Morgan fingerprint density at radius 1 is 1.64 bits per heavy atom. The van der Waals surface area contributed by atoms with Crippen molar-refractivity contribution >= 4 is 0 Å². The number of hydrogen-bond acceptors (Lipinski definition) is 3. The van der Waals surface area contributed by atoms with Gasteiger partial charge in [-0.2, -0.15) is 0 Å². The molecule has 11 heavy (non-hydrogen) atoms. The van der Waals surface area contributed by atoms with E-state index < -0.39 is 0 Å². The van der Waals surface area contributed by atoms with E-state index in [4.69, 9.17) is 14.6 Å². The molecule has 0 unspecified atom stereocenters. The average Bonchev–Trinajstić information content (AvgIpc) is 2.05. The third-order valence-electron chi connectivity index (χ3n) is 1.32. The van der Waals surface area contributed by atoms with Crippen LogP contribution in [0.1, 0.15) is 12.8 Å². The van der Waals surface area contributed by atoms with E-state index >= 15 is 0 Å². The van der Waals surface area contributed by atoms with Crippen molar-refractivity contribution in [3.63, 3.8) is 0 Å². The Bertz CT molecular complexity index is 93.3. The lowest BCUT2D eigenvalue weighted by molar-refractivity contribution is -0.0888. The quantitative estimate of drug-likeness (QED) is 0.445. The molecule has 0 saturated carbocycles. The van der Waals surface area contributed by atoms with Crippen molar-refractivity contribution in [2.24, 2.45) is 0 Å². The minimum atomic E-state index is -0.118. The molecule has 0 aliphatic heterocycles. The molecule has 0 aromatic rings. The van der Waals surface area contributed by atoms with E-state index in [1.807, 2.05) is 0 Å². The van der Waals surface area contributed by atoms with E-state index in [2.05, 4.69) is 6.58 Å². The summed E-state index contributed by atoms with van der Waals surface area (Å²) in [7, 11) is 1.56. The summed E-state index contributed by atoms with van der Waals surface area (Å²) in [5, 5.41) is 8.76. The highest BCUT2D eigenvalue weighted by Gasteiger charge is 2.04. The molecule has 0 rings (SSSR count). The molecule has 0 aromatic heterocycles. The van der Waals surface area contributed by atoms with Gasteiger partial charge in [0.1, 0.15) is 6.79 Å². The van der Waals surface area contributed by atoms with Gasteiger partial charge in [-0.15, -0.1) is 6.58 Å². The standard InChI is InChI=1S/C8H16O3/c1-3-4-5-8(6-9)11-7-10-2/h3,8-9H,1,4-7H2,2H3/t8-/m0/s1. The fourth-order valence-electron chi connectivity index (χ4n) is 0.695. The summed E-state index contributed by atoms with van der Waals surface area (Å²) < 4.78 is 9.82. The van der Waals surface area contributed by atoms with Crippen LogP contribution in [0.15, 0.2) is 12.7 Å². The molecule has 3 heteroatoms. The Balaban J connectivity index is 3.32. The smallest absolute Gasteiger partial charge is 0.146 e. The van der Waals surface area contributed by atoms with Gasteiger partial charge in [0.2, 0.25) is 0 Å². The van der Waals surface area contributed by atoms with Crippen molar-refractivity contribution in [3.8, 4) is 0 Å². The van der Waals surface area contributed by atoms with Crippen LogP contribution < -0.4 is 0 Å². The molecule has 0 spiro atoms. The summed E-state index contributed by atoms with van der Waals surface area (Å²) in [4.78, 5) is 0.